The van der Waals surface area contributed by atoms with Gasteiger partial charge in [-0.25, -0.2) is 4.79 Å². The van der Waals surface area contributed by atoms with E-state index in [4.69, 9.17) is 4.74 Å². The lowest BCUT2D eigenvalue weighted by Gasteiger charge is -2.33. The highest BCUT2D eigenvalue weighted by molar-refractivity contribution is 6.11. The topological polar surface area (TPSA) is 86.5 Å². The number of ether oxygens (including phenoxy) is 1. The molecule has 132 valence electrons. The smallest absolute Gasteiger partial charge is 0.341 e. The van der Waals surface area contributed by atoms with Gasteiger partial charge in [-0.2, -0.15) is 5.10 Å². The molecule has 2 heterocycles. The Morgan fingerprint density at radius 1 is 1.38 bits per heavy atom. The van der Waals surface area contributed by atoms with Crippen LogP contribution in [0.25, 0.3) is 0 Å². The molecule has 1 saturated carbocycles. The van der Waals surface area contributed by atoms with Crippen molar-refractivity contribution >= 4 is 18.4 Å². The first kappa shape index (κ1) is 17.0. The van der Waals surface area contributed by atoms with Crippen LogP contribution in [-0.2, 0) is 9.53 Å². The maximum absolute atomic E-state index is 12.3. The summed E-state index contributed by atoms with van der Waals surface area (Å²) in [5, 5.41) is 19.6. The second-order valence-electron chi connectivity index (χ2n) is 6.44. The maximum atomic E-state index is 12.3. The quantitative estimate of drug-likeness (QED) is 0.734. The largest absolute Gasteiger partial charge is 0.462 e. The standard InChI is InChI=1S/C17H26N4O3/c1-3-21-16-13(10-19-21)15(14(9-18-16)17(23)24-4-2)20-11-5-7-12(22)8-6-11/h9-13,16,20,22H,3-8H2,1-2H3. The van der Waals surface area contributed by atoms with Crippen LogP contribution >= 0.6 is 0 Å². The monoisotopic (exact) mass is 334 g/mol. The molecular formula is C17H26N4O3. The number of hydrogen-bond acceptors (Lipinski definition) is 7. The van der Waals surface area contributed by atoms with Gasteiger partial charge in [-0.15, -0.1) is 0 Å². The molecule has 0 spiro atoms. The number of carbonyl (C=O) groups excluding carboxylic acids is 1. The summed E-state index contributed by atoms with van der Waals surface area (Å²) < 4.78 is 5.19. The van der Waals surface area contributed by atoms with E-state index in [9.17, 15) is 9.90 Å². The van der Waals surface area contributed by atoms with Crippen molar-refractivity contribution in [2.24, 2.45) is 16.0 Å². The van der Waals surface area contributed by atoms with Crippen molar-refractivity contribution in [3.8, 4) is 0 Å². The zero-order valence-corrected chi connectivity index (χ0v) is 14.3. The van der Waals surface area contributed by atoms with Gasteiger partial charge in [-0.1, -0.05) is 0 Å². The Balaban J connectivity index is 1.83. The molecule has 24 heavy (non-hydrogen) atoms. The van der Waals surface area contributed by atoms with Gasteiger partial charge in [0.05, 0.1) is 24.2 Å². The second kappa shape index (κ2) is 7.34. The summed E-state index contributed by atoms with van der Waals surface area (Å²) in [6, 6.07) is 0.254. The fourth-order valence-electron chi connectivity index (χ4n) is 3.54. The fourth-order valence-corrected chi connectivity index (χ4v) is 3.54. The Bertz CT molecular complexity index is 564. The fraction of sp³-hybridized carbons (Fsp3) is 0.706. The summed E-state index contributed by atoms with van der Waals surface area (Å²) >= 11 is 0. The molecule has 2 N–H and O–H groups in total. The number of aliphatic hydroxyl groups is 1. The Morgan fingerprint density at radius 3 is 2.79 bits per heavy atom. The Kier molecular flexibility index (Phi) is 5.18. The van der Waals surface area contributed by atoms with Crippen molar-refractivity contribution in [2.75, 3.05) is 13.2 Å². The van der Waals surface area contributed by atoms with Gasteiger partial charge in [-0.05, 0) is 39.5 Å². The third-order valence-electron chi connectivity index (χ3n) is 4.86. The number of esters is 1. The Labute approximate surface area is 142 Å². The number of nitrogens with zero attached hydrogens (tertiary/aromatic N) is 3. The zero-order chi connectivity index (χ0) is 17.1. The highest BCUT2D eigenvalue weighted by Crippen LogP contribution is 2.31. The van der Waals surface area contributed by atoms with Crippen LogP contribution in [-0.4, -0.2) is 60.0 Å². The van der Waals surface area contributed by atoms with E-state index in [1.54, 1.807) is 13.1 Å². The summed E-state index contributed by atoms with van der Waals surface area (Å²) in [5.74, 6) is -0.400. The van der Waals surface area contributed by atoms with E-state index in [-0.39, 0.29) is 30.2 Å². The average molecular weight is 334 g/mol. The van der Waals surface area contributed by atoms with E-state index in [1.807, 2.05) is 18.1 Å². The molecule has 1 aliphatic carbocycles. The number of aliphatic hydroxyl groups excluding tert-OH is 1. The first-order valence-corrected chi connectivity index (χ1v) is 8.83. The van der Waals surface area contributed by atoms with Gasteiger partial charge in [0.25, 0.3) is 0 Å². The average Bonchev–Trinajstić information content (AvgIpc) is 3.01. The minimum Gasteiger partial charge on any atom is -0.462 e. The molecule has 2 atom stereocenters. The van der Waals surface area contributed by atoms with Crippen LogP contribution in [0.15, 0.2) is 21.4 Å². The molecule has 3 aliphatic rings. The van der Waals surface area contributed by atoms with Crippen molar-refractivity contribution in [1.82, 2.24) is 10.3 Å². The van der Waals surface area contributed by atoms with Gasteiger partial charge in [-0.3, -0.25) is 10.0 Å². The van der Waals surface area contributed by atoms with Crippen LogP contribution < -0.4 is 5.32 Å². The van der Waals surface area contributed by atoms with Crippen LogP contribution in [0.3, 0.4) is 0 Å². The normalized spacial score (nSPS) is 32.0. The predicted octanol–water partition coefficient (Wildman–Crippen LogP) is 1.04. The second-order valence-corrected chi connectivity index (χ2v) is 6.44. The minimum atomic E-state index is -0.346. The van der Waals surface area contributed by atoms with E-state index in [0.717, 1.165) is 37.9 Å². The number of hydrogen-bond donors (Lipinski definition) is 2. The summed E-state index contributed by atoms with van der Waals surface area (Å²) in [5.41, 5.74) is 1.35. The van der Waals surface area contributed by atoms with E-state index >= 15 is 0 Å². The molecule has 0 radical (unpaired) electrons. The van der Waals surface area contributed by atoms with Crippen LogP contribution in [0, 0.1) is 5.92 Å². The number of carbonyl (C=O) groups is 1. The SMILES string of the molecule is CCOC(=O)C1=C(NC2CCC(O)CC2)C2C=NN(CC)C2N=C1. The number of fused-ring (bicyclic) bond motifs is 1. The minimum absolute atomic E-state index is 0.0544. The molecule has 7 nitrogen and oxygen atoms in total. The van der Waals surface area contributed by atoms with Crippen molar-refractivity contribution in [2.45, 2.75) is 57.8 Å². The molecule has 3 rings (SSSR count). The lowest BCUT2D eigenvalue weighted by molar-refractivity contribution is -0.138. The Hall–Kier alpha value is -1.89. The number of nitrogens with one attached hydrogen (secondary N) is 1. The molecule has 1 fully saturated rings. The number of dihydropyridines is 1. The van der Waals surface area contributed by atoms with Crippen molar-refractivity contribution in [1.29, 1.82) is 0 Å². The van der Waals surface area contributed by atoms with Gasteiger partial charge in [0.1, 0.15) is 6.17 Å². The third kappa shape index (κ3) is 3.31. The molecule has 0 amide bonds. The lowest BCUT2D eigenvalue weighted by atomic mass is 9.90. The first-order chi connectivity index (χ1) is 11.6. The molecular weight excluding hydrogens is 308 g/mol. The molecule has 0 aromatic carbocycles. The van der Waals surface area contributed by atoms with Gasteiger partial charge in [0.15, 0.2) is 0 Å². The van der Waals surface area contributed by atoms with Crippen LogP contribution in [0.2, 0.25) is 0 Å². The van der Waals surface area contributed by atoms with Gasteiger partial charge in [0, 0.05) is 30.7 Å². The molecule has 0 aromatic heterocycles. The van der Waals surface area contributed by atoms with E-state index in [0.29, 0.717) is 12.2 Å². The maximum Gasteiger partial charge on any atom is 0.341 e. The van der Waals surface area contributed by atoms with Crippen molar-refractivity contribution < 1.29 is 14.6 Å². The summed E-state index contributed by atoms with van der Waals surface area (Å²) in [4.78, 5) is 16.9. The number of hydrazone groups is 1. The van der Waals surface area contributed by atoms with Crippen LogP contribution in [0.1, 0.15) is 39.5 Å². The molecule has 0 aromatic rings. The number of aliphatic imine (C=N–C) groups is 1. The summed E-state index contributed by atoms with van der Waals surface area (Å²) in [7, 11) is 0. The highest BCUT2D eigenvalue weighted by atomic mass is 16.5. The molecule has 0 bridgehead atoms. The summed E-state index contributed by atoms with van der Waals surface area (Å²) in [6.07, 6.45) is 6.55. The van der Waals surface area contributed by atoms with Gasteiger partial charge in [0.2, 0.25) is 0 Å². The van der Waals surface area contributed by atoms with Gasteiger partial charge < -0.3 is 15.2 Å². The Morgan fingerprint density at radius 2 is 2.12 bits per heavy atom. The molecule has 2 unspecified atom stereocenters. The van der Waals surface area contributed by atoms with E-state index < -0.39 is 0 Å². The zero-order valence-electron chi connectivity index (χ0n) is 14.3. The van der Waals surface area contributed by atoms with E-state index in [1.165, 1.54) is 0 Å². The van der Waals surface area contributed by atoms with Crippen molar-refractivity contribution in [3.63, 3.8) is 0 Å². The van der Waals surface area contributed by atoms with E-state index in [2.05, 4.69) is 15.4 Å². The van der Waals surface area contributed by atoms with Crippen LogP contribution in [0.5, 0.6) is 0 Å². The predicted molar refractivity (Wildman–Crippen MR) is 91.7 cm³/mol. The molecule has 2 aliphatic heterocycles. The summed E-state index contributed by atoms with van der Waals surface area (Å²) in [6.45, 7) is 4.94. The first-order valence-electron chi connectivity index (χ1n) is 8.83. The van der Waals surface area contributed by atoms with Crippen molar-refractivity contribution in [3.05, 3.63) is 11.3 Å². The van der Waals surface area contributed by atoms with Crippen LogP contribution in [0.4, 0.5) is 0 Å². The van der Waals surface area contributed by atoms with Gasteiger partial charge >= 0.3 is 5.97 Å². The lowest BCUT2D eigenvalue weighted by Crippen LogP contribution is -2.43. The highest BCUT2D eigenvalue weighted by Gasteiger charge is 2.38. The molecule has 7 heteroatoms. The third-order valence-corrected chi connectivity index (χ3v) is 4.86. The molecule has 0 saturated heterocycles. The number of rotatable bonds is 5.